The van der Waals surface area contributed by atoms with Gasteiger partial charge in [-0.15, -0.1) is 0 Å². The molecule has 0 aliphatic rings. The van der Waals surface area contributed by atoms with E-state index in [1.807, 2.05) is 37.3 Å². The molecule has 0 saturated carbocycles. The van der Waals surface area contributed by atoms with Crippen LogP contribution in [-0.2, 0) is 16.6 Å². The molecule has 0 aliphatic heterocycles. The van der Waals surface area contributed by atoms with Crippen molar-refractivity contribution in [2.24, 2.45) is 4.99 Å². The minimum Gasteiger partial charge on any atom is -0.357 e. The molecule has 0 fully saturated rings. The van der Waals surface area contributed by atoms with Gasteiger partial charge in [-0.2, -0.15) is 0 Å². The maximum atomic E-state index is 12.0. The summed E-state index contributed by atoms with van der Waals surface area (Å²) in [6.07, 6.45) is 0. The number of nitrogens with one attached hydrogen (secondary N) is 2. The van der Waals surface area contributed by atoms with E-state index in [9.17, 15) is 4.21 Å². The maximum Gasteiger partial charge on any atom is 0.191 e. The van der Waals surface area contributed by atoms with Gasteiger partial charge in [0.05, 0.1) is 6.54 Å². The van der Waals surface area contributed by atoms with Gasteiger partial charge in [0.15, 0.2) is 5.96 Å². The van der Waals surface area contributed by atoms with Crippen LogP contribution in [-0.4, -0.2) is 35.1 Å². The van der Waals surface area contributed by atoms with Crippen molar-refractivity contribution in [3.8, 4) is 0 Å². The minimum absolute atomic E-state index is 0.336. The Morgan fingerprint density at radius 1 is 1.30 bits per heavy atom. The lowest BCUT2D eigenvalue weighted by Crippen LogP contribution is -2.41. The van der Waals surface area contributed by atoms with E-state index in [4.69, 9.17) is 0 Å². The number of hydrogen-bond acceptors (Lipinski definition) is 2. The lowest BCUT2D eigenvalue weighted by molar-refractivity contribution is 0.681. The van der Waals surface area contributed by atoms with Crippen molar-refractivity contribution >= 4 is 16.8 Å². The summed E-state index contributed by atoms with van der Waals surface area (Å²) in [5, 5.41) is 6.42. The van der Waals surface area contributed by atoms with E-state index in [0.717, 1.165) is 18.1 Å². The standard InChI is InChI=1S/C15H25N3OS/c1-4-16-15(18-13(2)3)17-10-11-20(19)12-14-8-6-5-7-9-14/h5-9,13H,4,10-12H2,1-3H3,(H2,16,17,18). The molecule has 1 aromatic carbocycles. The molecule has 0 heterocycles. The van der Waals surface area contributed by atoms with E-state index in [2.05, 4.69) is 29.5 Å². The zero-order chi connectivity index (χ0) is 14.8. The molecule has 5 heteroatoms. The van der Waals surface area contributed by atoms with Crippen LogP contribution in [0.4, 0.5) is 0 Å². The maximum absolute atomic E-state index is 12.0. The van der Waals surface area contributed by atoms with Crippen molar-refractivity contribution in [2.45, 2.75) is 32.6 Å². The molecule has 20 heavy (non-hydrogen) atoms. The SMILES string of the molecule is CCNC(=NCCS(=O)Cc1ccccc1)NC(C)C. The average molecular weight is 295 g/mol. The number of aliphatic imine (C=N–C) groups is 1. The summed E-state index contributed by atoms with van der Waals surface area (Å²) in [7, 11) is -0.867. The monoisotopic (exact) mass is 295 g/mol. The lowest BCUT2D eigenvalue weighted by atomic mass is 10.2. The third-order valence-corrected chi connectivity index (χ3v) is 3.82. The predicted octanol–water partition coefficient (Wildman–Crippen LogP) is 1.90. The van der Waals surface area contributed by atoms with Gasteiger partial charge < -0.3 is 10.6 Å². The molecule has 1 atom stereocenters. The Balaban J connectivity index is 2.38. The molecule has 0 amide bonds. The van der Waals surface area contributed by atoms with Crippen LogP contribution in [0.5, 0.6) is 0 Å². The summed E-state index contributed by atoms with van der Waals surface area (Å²) < 4.78 is 12.0. The van der Waals surface area contributed by atoms with E-state index in [1.165, 1.54) is 0 Å². The second-order valence-corrected chi connectivity index (χ2v) is 6.41. The summed E-state index contributed by atoms with van der Waals surface area (Å²) in [5.74, 6) is 1.98. The fraction of sp³-hybridized carbons (Fsp3) is 0.533. The smallest absolute Gasteiger partial charge is 0.191 e. The third kappa shape index (κ3) is 7.28. The molecular formula is C15H25N3OS. The van der Waals surface area contributed by atoms with Crippen molar-refractivity contribution in [1.29, 1.82) is 0 Å². The molecular weight excluding hydrogens is 270 g/mol. The summed E-state index contributed by atoms with van der Waals surface area (Å²) in [5.41, 5.74) is 1.11. The highest BCUT2D eigenvalue weighted by Crippen LogP contribution is 2.02. The summed E-state index contributed by atoms with van der Waals surface area (Å²) in [6.45, 7) is 7.57. The lowest BCUT2D eigenvalue weighted by Gasteiger charge is -2.13. The second-order valence-electron chi connectivity index (χ2n) is 4.83. The van der Waals surface area contributed by atoms with E-state index in [-0.39, 0.29) is 0 Å². The summed E-state index contributed by atoms with van der Waals surface area (Å²) >= 11 is 0. The molecule has 0 spiro atoms. The van der Waals surface area contributed by atoms with Gasteiger partial charge in [-0.3, -0.25) is 9.20 Å². The second kappa shape index (κ2) is 9.53. The summed E-state index contributed by atoms with van der Waals surface area (Å²) in [6, 6.07) is 10.3. The molecule has 2 N–H and O–H groups in total. The Bertz CT molecular complexity index is 432. The van der Waals surface area contributed by atoms with Crippen LogP contribution >= 0.6 is 0 Å². The normalized spacial score (nSPS) is 13.3. The van der Waals surface area contributed by atoms with E-state index >= 15 is 0 Å². The molecule has 0 saturated heterocycles. The first-order valence-electron chi connectivity index (χ1n) is 7.05. The third-order valence-electron chi connectivity index (χ3n) is 2.53. The van der Waals surface area contributed by atoms with Gasteiger partial charge in [0.25, 0.3) is 0 Å². The first kappa shape index (κ1) is 16.7. The number of nitrogens with zero attached hydrogens (tertiary/aromatic N) is 1. The molecule has 1 rings (SSSR count). The zero-order valence-electron chi connectivity index (χ0n) is 12.6. The quantitative estimate of drug-likeness (QED) is 0.597. The van der Waals surface area contributed by atoms with Crippen molar-refractivity contribution in [1.82, 2.24) is 10.6 Å². The Morgan fingerprint density at radius 3 is 2.60 bits per heavy atom. The number of rotatable bonds is 7. The van der Waals surface area contributed by atoms with Crippen LogP contribution in [0, 0.1) is 0 Å². The number of hydrogen-bond donors (Lipinski definition) is 2. The Kier molecular flexibility index (Phi) is 7.95. The average Bonchev–Trinajstić information content (AvgIpc) is 2.39. The Morgan fingerprint density at radius 2 is 2.00 bits per heavy atom. The summed E-state index contributed by atoms with van der Waals surface area (Å²) in [4.78, 5) is 4.44. The van der Waals surface area contributed by atoms with Crippen molar-refractivity contribution < 1.29 is 4.21 Å². The van der Waals surface area contributed by atoms with Gasteiger partial charge in [0.1, 0.15) is 0 Å². The van der Waals surface area contributed by atoms with Gasteiger partial charge in [0, 0.05) is 34.9 Å². The van der Waals surface area contributed by atoms with Gasteiger partial charge in [0.2, 0.25) is 0 Å². The topological polar surface area (TPSA) is 53.5 Å². The fourth-order valence-electron chi connectivity index (χ4n) is 1.69. The highest BCUT2D eigenvalue weighted by Gasteiger charge is 2.03. The van der Waals surface area contributed by atoms with Crippen LogP contribution in [0.15, 0.2) is 35.3 Å². The van der Waals surface area contributed by atoms with Gasteiger partial charge in [-0.1, -0.05) is 30.3 Å². The zero-order valence-corrected chi connectivity index (χ0v) is 13.4. The first-order valence-corrected chi connectivity index (χ1v) is 8.54. The van der Waals surface area contributed by atoms with Crippen molar-refractivity contribution in [3.63, 3.8) is 0 Å². The van der Waals surface area contributed by atoms with Crippen molar-refractivity contribution in [3.05, 3.63) is 35.9 Å². The van der Waals surface area contributed by atoms with Crippen LogP contribution in [0.2, 0.25) is 0 Å². The first-order chi connectivity index (χ1) is 9.61. The molecule has 1 unspecified atom stereocenters. The van der Waals surface area contributed by atoms with Crippen LogP contribution < -0.4 is 10.6 Å². The van der Waals surface area contributed by atoms with E-state index < -0.39 is 10.8 Å². The van der Waals surface area contributed by atoms with E-state index in [1.54, 1.807) is 0 Å². The molecule has 0 aliphatic carbocycles. The van der Waals surface area contributed by atoms with E-state index in [0.29, 0.717) is 24.1 Å². The molecule has 0 radical (unpaired) electrons. The largest absolute Gasteiger partial charge is 0.357 e. The van der Waals surface area contributed by atoms with Crippen LogP contribution in [0.3, 0.4) is 0 Å². The van der Waals surface area contributed by atoms with Crippen molar-refractivity contribution in [2.75, 3.05) is 18.8 Å². The Labute approximate surface area is 124 Å². The molecule has 1 aromatic rings. The molecule has 4 nitrogen and oxygen atoms in total. The Hall–Kier alpha value is -1.36. The minimum atomic E-state index is -0.867. The molecule has 0 bridgehead atoms. The molecule has 112 valence electrons. The fourth-order valence-corrected chi connectivity index (χ4v) is 2.69. The number of benzene rings is 1. The van der Waals surface area contributed by atoms with Gasteiger partial charge in [-0.05, 0) is 26.3 Å². The van der Waals surface area contributed by atoms with Crippen LogP contribution in [0.1, 0.15) is 26.3 Å². The number of guanidine groups is 1. The van der Waals surface area contributed by atoms with Gasteiger partial charge in [-0.25, -0.2) is 0 Å². The molecule has 0 aromatic heterocycles. The van der Waals surface area contributed by atoms with Gasteiger partial charge >= 0.3 is 0 Å². The predicted molar refractivity (Wildman–Crippen MR) is 87.4 cm³/mol. The highest BCUT2D eigenvalue weighted by atomic mass is 32.2. The van der Waals surface area contributed by atoms with Crippen LogP contribution in [0.25, 0.3) is 0 Å². The highest BCUT2D eigenvalue weighted by molar-refractivity contribution is 7.84.